The summed E-state index contributed by atoms with van der Waals surface area (Å²) < 4.78 is 5.83. The molecule has 1 aliphatic rings. The van der Waals surface area contributed by atoms with Gasteiger partial charge in [0, 0.05) is 23.2 Å². The Balaban J connectivity index is 0.00000225. The molecule has 136 valence electrons. The Morgan fingerprint density at radius 1 is 0.920 bits per heavy atom. The number of halogens is 2. The number of hydrogen-bond donors (Lipinski definition) is 1. The summed E-state index contributed by atoms with van der Waals surface area (Å²) in [7, 11) is 0. The third-order valence-electron chi connectivity index (χ3n) is 4.73. The van der Waals surface area contributed by atoms with Crippen LogP contribution in [0.5, 0.6) is 5.75 Å². The predicted octanol–water partition coefficient (Wildman–Crippen LogP) is 6.15. The van der Waals surface area contributed by atoms with Crippen LogP contribution in [0.25, 0.3) is 0 Å². The summed E-state index contributed by atoms with van der Waals surface area (Å²) >= 11 is 6.15. The Morgan fingerprint density at radius 3 is 2.28 bits per heavy atom. The molecule has 0 aliphatic heterocycles. The third-order valence-corrected chi connectivity index (χ3v) is 5.09. The maximum absolute atomic E-state index is 6.15. The normalized spacial score (nSPS) is 15.2. The van der Waals surface area contributed by atoms with Crippen LogP contribution in [-0.4, -0.2) is 6.04 Å². The smallest absolute Gasteiger partial charge is 0.119 e. The van der Waals surface area contributed by atoms with E-state index in [2.05, 4.69) is 17.4 Å². The Morgan fingerprint density at radius 2 is 1.60 bits per heavy atom. The van der Waals surface area contributed by atoms with Crippen LogP contribution in [0.15, 0.2) is 48.5 Å². The number of hydrogen-bond acceptors (Lipinski definition) is 2. The van der Waals surface area contributed by atoms with Gasteiger partial charge in [0.15, 0.2) is 0 Å². The summed E-state index contributed by atoms with van der Waals surface area (Å²) in [5.41, 5.74) is 2.32. The molecule has 0 amide bonds. The first-order valence-corrected chi connectivity index (χ1v) is 9.37. The zero-order valence-corrected chi connectivity index (χ0v) is 16.1. The second kappa shape index (κ2) is 10.7. The van der Waals surface area contributed by atoms with E-state index in [1.165, 1.54) is 44.1 Å². The van der Waals surface area contributed by atoms with Gasteiger partial charge in [0.1, 0.15) is 12.4 Å². The number of ether oxygens (including phenoxy) is 1. The van der Waals surface area contributed by atoms with Gasteiger partial charge in [0.2, 0.25) is 0 Å². The second-order valence-corrected chi connectivity index (χ2v) is 7.00. The molecule has 2 nitrogen and oxygen atoms in total. The molecule has 0 radical (unpaired) electrons. The molecule has 4 heteroatoms. The number of nitrogens with one attached hydrogen (secondary N) is 1. The highest BCUT2D eigenvalue weighted by atomic mass is 35.5. The van der Waals surface area contributed by atoms with E-state index >= 15 is 0 Å². The Hall–Kier alpha value is -1.22. The molecule has 0 saturated heterocycles. The Labute approximate surface area is 162 Å². The fourth-order valence-electron chi connectivity index (χ4n) is 3.23. The summed E-state index contributed by atoms with van der Waals surface area (Å²) in [5, 5.41) is 4.46. The molecule has 1 aliphatic carbocycles. The molecule has 1 saturated carbocycles. The van der Waals surface area contributed by atoms with Crippen LogP contribution in [0, 0.1) is 0 Å². The molecule has 0 unspecified atom stereocenters. The molecular formula is C21H27Cl2NO. The fraction of sp³-hybridized carbons (Fsp3) is 0.429. The van der Waals surface area contributed by atoms with Crippen LogP contribution in [0.2, 0.25) is 5.02 Å². The summed E-state index contributed by atoms with van der Waals surface area (Å²) in [6, 6.07) is 16.9. The van der Waals surface area contributed by atoms with Crippen LogP contribution in [0.4, 0.5) is 0 Å². The van der Waals surface area contributed by atoms with Crippen LogP contribution < -0.4 is 10.1 Å². The summed E-state index contributed by atoms with van der Waals surface area (Å²) in [4.78, 5) is 0. The largest absolute Gasteiger partial charge is 0.489 e. The van der Waals surface area contributed by atoms with E-state index in [0.717, 1.165) is 22.9 Å². The van der Waals surface area contributed by atoms with Crippen molar-refractivity contribution in [1.29, 1.82) is 0 Å². The minimum atomic E-state index is 0. The quantitative estimate of drug-likeness (QED) is 0.607. The lowest BCUT2D eigenvalue weighted by atomic mass is 10.1. The molecule has 25 heavy (non-hydrogen) atoms. The predicted molar refractivity (Wildman–Crippen MR) is 108 cm³/mol. The molecule has 0 bridgehead atoms. The lowest BCUT2D eigenvalue weighted by Crippen LogP contribution is -2.27. The topological polar surface area (TPSA) is 21.3 Å². The highest BCUT2D eigenvalue weighted by Gasteiger charge is 2.11. The zero-order valence-electron chi connectivity index (χ0n) is 14.5. The van der Waals surface area contributed by atoms with Crippen molar-refractivity contribution in [2.75, 3.05) is 0 Å². The molecule has 1 fully saturated rings. The average molecular weight is 380 g/mol. The van der Waals surface area contributed by atoms with Crippen molar-refractivity contribution in [3.63, 3.8) is 0 Å². The zero-order chi connectivity index (χ0) is 16.6. The molecular weight excluding hydrogens is 353 g/mol. The standard InChI is InChI=1S/C21H26ClNO.ClH/c22-21-10-6-5-7-18(21)16-24-20-13-11-17(12-14-20)15-23-19-8-3-1-2-4-9-19;/h5-7,10-14,19,23H,1-4,8-9,15-16H2;1H. The van der Waals surface area contributed by atoms with Crippen LogP contribution >= 0.6 is 24.0 Å². The Bertz CT molecular complexity index is 622. The van der Waals surface area contributed by atoms with Gasteiger partial charge in [0.05, 0.1) is 0 Å². The minimum Gasteiger partial charge on any atom is -0.489 e. The van der Waals surface area contributed by atoms with Gasteiger partial charge in [-0.05, 0) is 36.6 Å². The Kier molecular flexibility index (Phi) is 8.60. The number of benzene rings is 2. The molecule has 0 atom stereocenters. The first-order valence-electron chi connectivity index (χ1n) is 9.00. The highest BCUT2D eigenvalue weighted by molar-refractivity contribution is 6.31. The van der Waals surface area contributed by atoms with E-state index in [1.54, 1.807) is 0 Å². The maximum atomic E-state index is 6.15. The van der Waals surface area contributed by atoms with E-state index in [1.807, 2.05) is 36.4 Å². The van der Waals surface area contributed by atoms with Gasteiger partial charge in [-0.3, -0.25) is 0 Å². The number of rotatable bonds is 6. The average Bonchev–Trinajstić information content (AvgIpc) is 2.89. The minimum absolute atomic E-state index is 0. The lowest BCUT2D eigenvalue weighted by molar-refractivity contribution is 0.306. The molecule has 1 N–H and O–H groups in total. The molecule has 2 aromatic carbocycles. The molecule has 2 aromatic rings. The lowest BCUT2D eigenvalue weighted by Gasteiger charge is -2.16. The first-order chi connectivity index (χ1) is 11.8. The van der Waals surface area contributed by atoms with Gasteiger partial charge in [-0.1, -0.05) is 67.6 Å². The van der Waals surface area contributed by atoms with E-state index in [4.69, 9.17) is 16.3 Å². The SMILES string of the molecule is Cl.Clc1ccccc1COc1ccc(CNC2CCCCCC2)cc1. The first kappa shape index (κ1) is 20.1. The van der Waals surface area contributed by atoms with Crippen molar-refractivity contribution >= 4 is 24.0 Å². The second-order valence-electron chi connectivity index (χ2n) is 6.59. The van der Waals surface area contributed by atoms with Crippen LogP contribution in [0.1, 0.15) is 49.7 Å². The molecule has 0 spiro atoms. The van der Waals surface area contributed by atoms with Crippen molar-refractivity contribution < 1.29 is 4.74 Å². The van der Waals surface area contributed by atoms with E-state index in [-0.39, 0.29) is 12.4 Å². The molecule has 0 aromatic heterocycles. The van der Waals surface area contributed by atoms with Crippen molar-refractivity contribution in [1.82, 2.24) is 5.32 Å². The van der Waals surface area contributed by atoms with Gasteiger partial charge in [0.25, 0.3) is 0 Å². The van der Waals surface area contributed by atoms with Gasteiger partial charge < -0.3 is 10.1 Å². The third kappa shape index (κ3) is 6.54. The van der Waals surface area contributed by atoms with Gasteiger partial charge in [-0.25, -0.2) is 0 Å². The van der Waals surface area contributed by atoms with Gasteiger partial charge >= 0.3 is 0 Å². The highest BCUT2D eigenvalue weighted by Crippen LogP contribution is 2.20. The van der Waals surface area contributed by atoms with Crippen molar-refractivity contribution in [2.45, 2.75) is 57.7 Å². The van der Waals surface area contributed by atoms with E-state index in [0.29, 0.717) is 12.6 Å². The summed E-state index contributed by atoms with van der Waals surface area (Å²) in [5.74, 6) is 0.883. The monoisotopic (exact) mass is 379 g/mol. The van der Waals surface area contributed by atoms with Gasteiger partial charge in [-0.2, -0.15) is 0 Å². The van der Waals surface area contributed by atoms with Crippen molar-refractivity contribution in [3.8, 4) is 5.75 Å². The van der Waals surface area contributed by atoms with Crippen LogP contribution in [-0.2, 0) is 13.2 Å². The fourth-order valence-corrected chi connectivity index (χ4v) is 3.42. The van der Waals surface area contributed by atoms with Crippen molar-refractivity contribution in [3.05, 3.63) is 64.7 Å². The molecule has 0 heterocycles. The van der Waals surface area contributed by atoms with E-state index in [9.17, 15) is 0 Å². The summed E-state index contributed by atoms with van der Waals surface area (Å²) in [6.07, 6.45) is 8.17. The van der Waals surface area contributed by atoms with E-state index < -0.39 is 0 Å². The summed E-state index contributed by atoms with van der Waals surface area (Å²) in [6.45, 7) is 1.44. The maximum Gasteiger partial charge on any atom is 0.119 e. The van der Waals surface area contributed by atoms with Gasteiger partial charge in [-0.15, -0.1) is 12.4 Å². The van der Waals surface area contributed by atoms with Crippen molar-refractivity contribution in [2.24, 2.45) is 0 Å². The molecule has 3 rings (SSSR count). The van der Waals surface area contributed by atoms with Crippen LogP contribution in [0.3, 0.4) is 0 Å².